The lowest BCUT2D eigenvalue weighted by Crippen LogP contribution is -1.97. The van der Waals surface area contributed by atoms with E-state index >= 15 is 0 Å². The maximum Gasteiger partial charge on any atom is 0.286 e. The molecule has 6 heteroatoms. The van der Waals surface area contributed by atoms with Crippen molar-refractivity contribution in [3.8, 4) is 6.07 Å². The van der Waals surface area contributed by atoms with Crippen molar-refractivity contribution in [3.63, 3.8) is 0 Å². The van der Waals surface area contributed by atoms with Gasteiger partial charge >= 0.3 is 0 Å². The van der Waals surface area contributed by atoms with Crippen LogP contribution in [0.2, 0.25) is 0 Å². The van der Waals surface area contributed by atoms with Gasteiger partial charge in [-0.05, 0) is 34.7 Å². The lowest BCUT2D eigenvalue weighted by molar-refractivity contribution is -0.386. The molecule has 1 aromatic rings. The van der Waals surface area contributed by atoms with E-state index in [1.54, 1.807) is 0 Å². The minimum Gasteiger partial charge on any atom is -0.258 e. The average Bonchev–Trinajstić information content (AvgIpc) is 2.15. The van der Waals surface area contributed by atoms with Crippen LogP contribution in [0.3, 0.4) is 0 Å². The molecule has 0 bridgehead atoms. The number of nitro groups is 1. The quantitative estimate of drug-likeness (QED) is 0.350. The number of halogens is 2. The maximum atomic E-state index is 10.7. The normalized spacial score (nSPS) is 9.50. The number of benzene rings is 1. The van der Waals surface area contributed by atoms with E-state index in [-0.39, 0.29) is 5.69 Å². The van der Waals surface area contributed by atoms with E-state index in [1.165, 1.54) is 12.1 Å². The summed E-state index contributed by atoms with van der Waals surface area (Å²) in [6, 6.07) is 4.99. The van der Waals surface area contributed by atoms with Gasteiger partial charge in [-0.2, -0.15) is 5.26 Å². The van der Waals surface area contributed by atoms with Gasteiger partial charge in [0.1, 0.15) is 0 Å². The molecule has 0 aliphatic heterocycles. The molecular weight excluding hydrogens is 363 g/mol. The topological polar surface area (TPSA) is 66.9 Å². The van der Waals surface area contributed by atoms with Crippen LogP contribution >= 0.6 is 38.5 Å². The summed E-state index contributed by atoms with van der Waals surface area (Å²) in [6.45, 7) is 0. The first-order valence-electron chi connectivity index (χ1n) is 3.53. The van der Waals surface area contributed by atoms with Gasteiger partial charge in [0.15, 0.2) is 0 Å². The summed E-state index contributed by atoms with van der Waals surface area (Å²) < 4.78 is 0.487. The Balaban J connectivity index is 3.44. The molecule has 0 amide bonds. The molecule has 0 unspecified atom stereocenters. The van der Waals surface area contributed by atoms with Crippen LogP contribution in [0.25, 0.3) is 0 Å². The third kappa shape index (κ3) is 2.22. The lowest BCUT2D eigenvalue weighted by atomic mass is 10.1. The standard InChI is InChI=1S/C8H4BrIN2O2/c9-3-6-1-5(4-11)2-7(10)8(6)12(13)14/h1-2H,3H2. The second kappa shape index (κ2) is 4.70. The van der Waals surface area contributed by atoms with Crippen molar-refractivity contribution in [2.75, 3.05) is 0 Å². The van der Waals surface area contributed by atoms with E-state index in [0.29, 0.717) is 20.0 Å². The molecule has 0 atom stereocenters. The lowest BCUT2D eigenvalue weighted by Gasteiger charge is -2.01. The van der Waals surface area contributed by atoms with E-state index in [9.17, 15) is 10.1 Å². The van der Waals surface area contributed by atoms with Gasteiger partial charge in [0.25, 0.3) is 5.69 Å². The smallest absolute Gasteiger partial charge is 0.258 e. The molecule has 0 fully saturated rings. The molecule has 1 rings (SSSR count). The van der Waals surface area contributed by atoms with E-state index in [1.807, 2.05) is 28.7 Å². The molecule has 0 spiro atoms. The van der Waals surface area contributed by atoms with Crippen LogP contribution in [0.15, 0.2) is 12.1 Å². The monoisotopic (exact) mass is 366 g/mol. The highest BCUT2D eigenvalue weighted by Crippen LogP contribution is 2.28. The maximum absolute atomic E-state index is 10.7. The highest BCUT2D eigenvalue weighted by molar-refractivity contribution is 14.1. The van der Waals surface area contributed by atoms with Gasteiger partial charge in [-0.15, -0.1) is 0 Å². The van der Waals surface area contributed by atoms with Crippen LogP contribution in [-0.4, -0.2) is 4.92 Å². The van der Waals surface area contributed by atoms with Crippen molar-refractivity contribution in [1.29, 1.82) is 5.26 Å². The summed E-state index contributed by atoms with van der Waals surface area (Å²) in [4.78, 5) is 10.3. The Morgan fingerprint density at radius 1 is 1.64 bits per heavy atom. The van der Waals surface area contributed by atoms with Crippen LogP contribution in [-0.2, 0) is 5.33 Å². The number of nitriles is 1. The Morgan fingerprint density at radius 2 is 2.29 bits per heavy atom. The van der Waals surface area contributed by atoms with Gasteiger partial charge in [0.05, 0.1) is 20.1 Å². The van der Waals surface area contributed by atoms with E-state index < -0.39 is 4.92 Å². The fourth-order valence-corrected chi connectivity index (χ4v) is 2.33. The van der Waals surface area contributed by atoms with E-state index in [0.717, 1.165) is 0 Å². The fourth-order valence-electron chi connectivity index (χ4n) is 1.03. The second-order valence-corrected chi connectivity index (χ2v) is 4.19. The molecule has 0 aliphatic rings. The number of hydrogen-bond acceptors (Lipinski definition) is 3. The van der Waals surface area contributed by atoms with Crippen molar-refractivity contribution in [3.05, 3.63) is 36.9 Å². The molecule has 0 aliphatic carbocycles. The number of nitro benzene ring substituents is 1. The Bertz CT molecular complexity index is 428. The summed E-state index contributed by atoms with van der Waals surface area (Å²) in [5.41, 5.74) is 1.04. The van der Waals surface area contributed by atoms with Crippen LogP contribution in [0.1, 0.15) is 11.1 Å². The summed E-state index contributed by atoms with van der Waals surface area (Å²) in [5.74, 6) is 0. The summed E-state index contributed by atoms with van der Waals surface area (Å²) >= 11 is 5.02. The third-order valence-electron chi connectivity index (χ3n) is 1.60. The zero-order valence-electron chi connectivity index (χ0n) is 6.83. The van der Waals surface area contributed by atoms with Crippen molar-refractivity contribution < 1.29 is 4.92 Å². The number of hydrogen-bond donors (Lipinski definition) is 0. The van der Waals surface area contributed by atoms with Crippen LogP contribution < -0.4 is 0 Å². The zero-order valence-corrected chi connectivity index (χ0v) is 10.6. The van der Waals surface area contributed by atoms with Crippen LogP contribution in [0, 0.1) is 25.0 Å². The SMILES string of the molecule is N#Cc1cc(I)c([N+](=O)[O-])c(CBr)c1. The minimum atomic E-state index is -0.431. The van der Waals surface area contributed by atoms with Crippen LogP contribution in [0.5, 0.6) is 0 Å². The molecule has 0 N–H and O–H groups in total. The van der Waals surface area contributed by atoms with Crippen LogP contribution in [0.4, 0.5) is 5.69 Å². The largest absolute Gasteiger partial charge is 0.286 e. The predicted molar refractivity (Wildman–Crippen MR) is 63.2 cm³/mol. The molecule has 72 valence electrons. The van der Waals surface area contributed by atoms with Gasteiger partial charge in [-0.25, -0.2) is 0 Å². The molecule has 0 radical (unpaired) electrons. The highest BCUT2D eigenvalue weighted by atomic mass is 127. The van der Waals surface area contributed by atoms with Gasteiger partial charge in [0, 0.05) is 10.9 Å². The highest BCUT2D eigenvalue weighted by Gasteiger charge is 2.18. The first-order chi connectivity index (χ1) is 6.60. The molecule has 1 aromatic carbocycles. The molecule has 0 heterocycles. The molecule has 14 heavy (non-hydrogen) atoms. The zero-order chi connectivity index (χ0) is 10.7. The minimum absolute atomic E-state index is 0.0708. The Labute approximate surface area is 102 Å². The Morgan fingerprint density at radius 3 is 2.71 bits per heavy atom. The summed E-state index contributed by atoms with van der Waals surface area (Å²) in [5, 5.41) is 19.7. The summed E-state index contributed by atoms with van der Waals surface area (Å²) in [6.07, 6.45) is 0. The van der Waals surface area contributed by atoms with Crippen molar-refractivity contribution in [2.24, 2.45) is 0 Å². The first-order valence-corrected chi connectivity index (χ1v) is 5.73. The van der Waals surface area contributed by atoms with Gasteiger partial charge in [0.2, 0.25) is 0 Å². The fraction of sp³-hybridized carbons (Fsp3) is 0.125. The molecular formula is C8H4BrIN2O2. The predicted octanol–water partition coefficient (Wildman–Crippen LogP) is 2.97. The molecule has 4 nitrogen and oxygen atoms in total. The number of alkyl halides is 1. The Kier molecular flexibility index (Phi) is 3.83. The van der Waals surface area contributed by atoms with Gasteiger partial charge < -0.3 is 0 Å². The molecule has 0 aromatic heterocycles. The third-order valence-corrected chi connectivity index (χ3v) is 3.02. The number of nitrogens with zero attached hydrogens (tertiary/aromatic N) is 2. The average molecular weight is 367 g/mol. The van der Waals surface area contributed by atoms with E-state index in [4.69, 9.17) is 5.26 Å². The second-order valence-electron chi connectivity index (χ2n) is 2.47. The molecule has 0 saturated carbocycles. The molecule has 0 saturated heterocycles. The van der Waals surface area contributed by atoms with E-state index in [2.05, 4.69) is 15.9 Å². The van der Waals surface area contributed by atoms with Gasteiger partial charge in [-0.1, -0.05) is 15.9 Å². The number of rotatable bonds is 2. The van der Waals surface area contributed by atoms with Crippen molar-refractivity contribution in [2.45, 2.75) is 5.33 Å². The summed E-state index contributed by atoms with van der Waals surface area (Å²) in [7, 11) is 0. The Hall–Kier alpha value is -0.680. The van der Waals surface area contributed by atoms with Crippen molar-refractivity contribution in [1.82, 2.24) is 0 Å². The van der Waals surface area contributed by atoms with Crippen molar-refractivity contribution >= 4 is 44.2 Å². The first kappa shape index (κ1) is 11.4. The van der Waals surface area contributed by atoms with Gasteiger partial charge in [-0.3, -0.25) is 10.1 Å².